The van der Waals surface area contributed by atoms with E-state index in [1.807, 2.05) is 20.8 Å². The van der Waals surface area contributed by atoms with Gasteiger partial charge in [0.1, 0.15) is 0 Å². The zero-order chi connectivity index (χ0) is 19.0. The highest BCUT2D eigenvalue weighted by Crippen LogP contribution is 2.32. The first-order valence-electron chi connectivity index (χ1n) is 8.16. The number of nitrogens with zero attached hydrogens (tertiary/aromatic N) is 3. The third kappa shape index (κ3) is 4.41. The number of anilines is 1. The second kappa shape index (κ2) is 6.80. The summed E-state index contributed by atoms with van der Waals surface area (Å²) in [5.74, 6) is -1.02. The second-order valence-electron chi connectivity index (χ2n) is 7.41. The highest BCUT2D eigenvalue weighted by atomic mass is 19.4. The molecule has 25 heavy (non-hydrogen) atoms. The van der Waals surface area contributed by atoms with Gasteiger partial charge in [0.25, 0.3) is 0 Å². The van der Waals surface area contributed by atoms with Crippen molar-refractivity contribution in [2.24, 2.45) is 5.41 Å². The fourth-order valence-electron chi connectivity index (χ4n) is 2.98. The normalized spacial score (nSPS) is 16.9. The van der Waals surface area contributed by atoms with Crippen LogP contribution in [0.2, 0.25) is 0 Å². The molecule has 0 unspecified atom stereocenters. The molecule has 0 atom stereocenters. The van der Waals surface area contributed by atoms with Crippen LogP contribution in [0.4, 0.5) is 23.4 Å². The standard InChI is InChI=1S/C17H23F4N3O/c1-16(2,3)15(25)23(4)12-5-7-24(8-6-12)14-13(18)9-11(10-22-14)17(19,20)21/h9-10,12H,5-8H2,1-4H3. The minimum atomic E-state index is -4.62. The monoisotopic (exact) mass is 361 g/mol. The Balaban J connectivity index is 2.04. The number of halogens is 4. The highest BCUT2D eigenvalue weighted by molar-refractivity contribution is 5.81. The smallest absolute Gasteiger partial charge is 0.354 e. The number of alkyl halides is 3. The van der Waals surface area contributed by atoms with Crippen LogP contribution in [0.3, 0.4) is 0 Å². The van der Waals surface area contributed by atoms with Crippen LogP contribution in [-0.4, -0.2) is 42.0 Å². The molecule has 2 rings (SSSR count). The summed E-state index contributed by atoms with van der Waals surface area (Å²) < 4.78 is 51.8. The fourth-order valence-corrected chi connectivity index (χ4v) is 2.98. The lowest BCUT2D eigenvalue weighted by molar-refractivity contribution is -0.140. The van der Waals surface area contributed by atoms with E-state index in [-0.39, 0.29) is 17.8 Å². The van der Waals surface area contributed by atoms with Gasteiger partial charge < -0.3 is 9.80 Å². The molecule has 1 aromatic rings. The van der Waals surface area contributed by atoms with Gasteiger partial charge in [-0.25, -0.2) is 9.37 Å². The number of carbonyl (C=O) groups excluding carboxylic acids is 1. The molecule has 1 saturated heterocycles. The summed E-state index contributed by atoms with van der Waals surface area (Å²) >= 11 is 0. The molecule has 0 radical (unpaired) electrons. The van der Waals surface area contributed by atoms with Crippen LogP contribution in [0.25, 0.3) is 0 Å². The Hall–Kier alpha value is -1.86. The number of pyridine rings is 1. The minimum Gasteiger partial charge on any atom is -0.354 e. The first-order chi connectivity index (χ1) is 11.4. The van der Waals surface area contributed by atoms with Gasteiger partial charge in [0.05, 0.1) is 5.56 Å². The van der Waals surface area contributed by atoms with Crippen LogP contribution < -0.4 is 4.90 Å². The first kappa shape index (κ1) is 19.5. The van der Waals surface area contributed by atoms with E-state index in [2.05, 4.69) is 4.98 Å². The van der Waals surface area contributed by atoms with Crippen LogP contribution in [0.5, 0.6) is 0 Å². The Morgan fingerprint density at radius 1 is 1.24 bits per heavy atom. The average molecular weight is 361 g/mol. The summed E-state index contributed by atoms with van der Waals surface area (Å²) in [5, 5.41) is 0. The number of carbonyl (C=O) groups is 1. The van der Waals surface area contributed by atoms with E-state index in [1.54, 1.807) is 16.8 Å². The Morgan fingerprint density at radius 3 is 2.24 bits per heavy atom. The van der Waals surface area contributed by atoms with Gasteiger partial charge in [0.15, 0.2) is 11.6 Å². The first-order valence-corrected chi connectivity index (χ1v) is 8.16. The van der Waals surface area contributed by atoms with Crippen LogP contribution in [0, 0.1) is 11.2 Å². The third-order valence-electron chi connectivity index (χ3n) is 4.42. The van der Waals surface area contributed by atoms with Crippen molar-refractivity contribution in [1.29, 1.82) is 0 Å². The maximum Gasteiger partial charge on any atom is 0.417 e. The number of rotatable bonds is 2. The van der Waals surface area contributed by atoms with Gasteiger partial charge in [-0.2, -0.15) is 13.2 Å². The molecule has 0 saturated carbocycles. The lowest BCUT2D eigenvalue weighted by Gasteiger charge is -2.39. The molecule has 0 N–H and O–H groups in total. The van der Waals surface area contributed by atoms with E-state index in [9.17, 15) is 22.4 Å². The summed E-state index contributed by atoms with van der Waals surface area (Å²) in [6, 6.07) is 0.504. The SMILES string of the molecule is CN(C(=O)C(C)(C)C)C1CCN(c2ncc(C(F)(F)F)cc2F)CC1. The van der Waals surface area contributed by atoms with E-state index in [1.165, 1.54) is 0 Å². The largest absolute Gasteiger partial charge is 0.417 e. The summed E-state index contributed by atoms with van der Waals surface area (Å²) in [5.41, 5.74) is -1.58. The van der Waals surface area contributed by atoms with Crippen molar-refractivity contribution in [3.05, 3.63) is 23.6 Å². The minimum absolute atomic E-state index is 0.0282. The maximum atomic E-state index is 14.0. The van der Waals surface area contributed by atoms with E-state index in [4.69, 9.17) is 0 Å². The van der Waals surface area contributed by atoms with Crippen LogP contribution >= 0.6 is 0 Å². The number of hydrogen-bond donors (Lipinski definition) is 0. The van der Waals surface area contributed by atoms with Crippen molar-refractivity contribution in [2.45, 2.75) is 45.8 Å². The summed E-state index contributed by atoms with van der Waals surface area (Å²) in [7, 11) is 1.75. The molecule has 0 bridgehead atoms. The molecule has 1 aromatic heterocycles. The van der Waals surface area contributed by atoms with Gasteiger partial charge in [-0.15, -0.1) is 0 Å². The van der Waals surface area contributed by atoms with E-state index < -0.39 is 23.0 Å². The fraction of sp³-hybridized carbons (Fsp3) is 0.647. The Bertz CT molecular complexity index is 632. The molecule has 0 aliphatic carbocycles. The van der Waals surface area contributed by atoms with Gasteiger partial charge in [-0.1, -0.05) is 20.8 Å². The number of aromatic nitrogens is 1. The number of hydrogen-bond acceptors (Lipinski definition) is 3. The van der Waals surface area contributed by atoms with Crippen molar-refractivity contribution in [3.63, 3.8) is 0 Å². The number of piperidine rings is 1. The predicted octanol–water partition coefficient (Wildman–Crippen LogP) is 3.71. The Labute approximate surface area is 144 Å². The molecule has 1 aliphatic rings. The Kier molecular flexibility index (Phi) is 5.30. The van der Waals surface area contributed by atoms with Gasteiger partial charge in [0, 0.05) is 37.8 Å². The average Bonchev–Trinajstić information content (AvgIpc) is 2.52. The molecule has 140 valence electrons. The molecule has 1 aliphatic heterocycles. The summed E-state index contributed by atoms with van der Waals surface area (Å²) in [6.45, 7) is 6.41. The zero-order valence-electron chi connectivity index (χ0n) is 14.8. The summed E-state index contributed by atoms with van der Waals surface area (Å²) in [6.07, 6.45) is -2.74. The zero-order valence-corrected chi connectivity index (χ0v) is 14.8. The van der Waals surface area contributed by atoms with Crippen LogP contribution in [0.1, 0.15) is 39.2 Å². The summed E-state index contributed by atoms with van der Waals surface area (Å²) in [4.78, 5) is 19.3. The van der Waals surface area contributed by atoms with E-state index in [0.717, 1.165) is 0 Å². The van der Waals surface area contributed by atoms with Crippen LogP contribution in [-0.2, 0) is 11.0 Å². The molecule has 1 amide bonds. The lowest BCUT2D eigenvalue weighted by Crippen LogP contribution is -2.49. The van der Waals surface area contributed by atoms with Crippen molar-refractivity contribution in [2.75, 3.05) is 25.0 Å². The van der Waals surface area contributed by atoms with Crippen molar-refractivity contribution >= 4 is 11.7 Å². The predicted molar refractivity (Wildman–Crippen MR) is 86.7 cm³/mol. The maximum absolute atomic E-state index is 14.0. The quantitative estimate of drug-likeness (QED) is 0.754. The van der Waals surface area contributed by atoms with E-state index in [0.29, 0.717) is 38.2 Å². The molecule has 0 aromatic carbocycles. The topological polar surface area (TPSA) is 36.4 Å². The molecular formula is C17H23F4N3O. The van der Waals surface area contributed by atoms with Gasteiger partial charge >= 0.3 is 6.18 Å². The molecule has 4 nitrogen and oxygen atoms in total. The van der Waals surface area contributed by atoms with Gasteiger partial charge in [-0.3, -0.25) is 4.79 Å². The lowest BCUT2D eigenvalue weighted by atomic mass is 9.92. The third-order valence-corrected chi connectivity index (χ3v) is 4.42. The van der Waals surface area contributed by atoms with Gasteiger partial charge in [0.2, 0.25) is 5.91 Å². The van der Waals surface area contributed by atoms with Gasteiger partial charge in [-0.05, 0) is 18.9 Å². The molecule has 2 heterocycles. The molecule has 1 fully saturated rings. The van der Waals surface area contributed by atoms with Crippen molar-refractivity contribution < 1.29 is 22.4 Å². The van der Waals surface area contributed by atoms with Crippen molar-refractivity contribution in [1.82, 2.24) is 9.88 Å². The number of amides is 1. The molecule has 8 heteroatoms. The molecule has 0 spiro atoms. The van der Waals surface area contributed by atoms with Crippen LogP contribution in [0.15, 0.2) is 12.3 Å². The van der Waals surface area contributed by atoms with E-state index >= 15 is 0 Å². The second-order valence-corrected chi connectivity index (χ2v) is 7.41. The highest BCUT2D eigenvalue weighted by Gasteiger charge is 2.34. The Morgan fingerprint density at radius 2 is 1.80 bits per heavy atom. The van der Waals surface area contributed by atoms with Crippen molar-refractivity contribution in [3.8, 4) is 0 Å². The molecular weight excluding hydrogens is 338 g/mol.